The number of hydrogen-bond donors (Lipinski definition) is 1. The van der Waals surface area contributed by atoms with E-state index in [2.05, 4.69) is 16.0 Å². The Labute approximate surface area is 104 Å². The van der Waals surface area contributed by atoms with Crippen LogP contribution in [0.15, 0.2) is 40.4 Å². The van der Waals surface area contributed by atoms with Gasteiger partial charge in [0, 0.05) is 18.2 Å². The van der Waals surface area contributed by atoms with Crippen molar-refractivity contribution in [3.63, 3.8) is 0 Å². The second-order valence-electron chi connectivity index (χ2n) is 3.91. The lowest BCUT2D eigenvalue weighted by molar-refractivity contribution is 0.902. The highest BCUT2D eigenvalue weighted by Gasteiger charge is 2.03. The summed E-state index contributed by atoms with van der Waals surface area (Å²) in [6, 6.07) is 8.15. The molecule has 1 aromatic heterocycles. The van der Waals surface area contributed by atoms with Gasteiger partial charge in [0.15, 0.2) is 5.16 Å². The topological polar surface area (TPSA) is 45.8 Å². The van der Waals surface area contributed by atoms with E-state index in [0.29, 0.717) is 17.1 Å². The maximum Gasteiger partial charge on any atom is 0.255 e. The molecule has 3 nitrogen and oxygen atoms in total. The largest absolute Gasteiger partial charge is 0.301 e. The van der Waals surface area contributed by atoms with Crippen LogP contribution in [-0.2, 0) is 6.42 Å². The summed E-state index contributed by atoms with van der Waals surface area (Å²) in [4.78, 5) is 18.7. The van der Waals surface area contributed by atoms with Gasteiger partial charge >= 0.3 is 0 Å². The minimum absolute atomic E-state index is 0.0501. The Hall–Kier alpha value is -1.55. The van der Waals surface area contributed by atoms with Crippen LogP contribution in [0, 0.1) is 6.92 Å². The molecule has 0 aliphatic heterocycles. The summed E-state index contributed by atoms with van der Waals surface area (Å²) in [6.07, 6.45) is 4.17. The molecular formula is C13H14N2OS. The third-order valence-electron chi connectivity index (χ3n) is 2.52. The quantitative estimate of drug-likeness (QED) is 0.668. The van der Waals surface area contributed by atoms with Gasteiger partial charge in [0.1, 0.15) is 0 Å². The first kappa shape index (κ1) is 11.9. The highest BCUT2D eigenvalue weighted by Crippen LogP contribution is 2.09. The summed E-state index contributed by atoms with van der Waals surface area (Å²) in [5.74, 6) is 0. The highest BCUT2D eigenvalue weighted by molar-refractivity contribution is 7.98. The molecule has 0 atom stereocenters. The molecule has 17 heavy (non-hydrogen) atoms. The fourth-order valence-electron chi connectivity index (χ4n) is 1.68. The van der Waals surface area contributed by atoms with E-state index in [9.17, 15) is 4.79 Å². The average molecular weight is 246 g/mol. The predicted octanol–water partition coefficient (Wildman–Crippen LogP) is 2.39. The van der Waals surface area contributed by atoms with Crippen molar-refractivity contribution in [3.05, 3.63) is 57.5 Å². The van der Waals surface area contributed by atoms with Gasteiger partial charge in [-0.25, -0.2) is 4.98 Å². The lowest BCUT2D eigenvalue weighted by Gasteiger charge is -2.03. The zero-order chi connectivity index (χ0) is 12.3. The molecule has 0 aliphatic carbocycles. The van der Waals surface area contributed by atoms with Gasteiger partial charge in [-0.3, -0.25) is 4.79 Å². The summed E-state index contributed by atoms with van der Waals surface area (Å²) in [5.41, 5.74) is 2.99. The highest BCUT2D eigenvalue weighted by atomic mass is 32.2. The van der Waals surface area contributed by atoms with Crippen molar-refractivity contribution in [3.8, 4) is 0 Å². The lowest BCUT2D eigenvalue weighted by atomic mass is 10.1. The fourth-order valence-corrected chi connectivity index (χ4v) is 2.03. The zero-order valence-electron chi connectivity index (χ0n) is 9.86. The van der Waals surface area contributed by atoms with E-state index in [1.54, 1.807) is 6.20 Å². The van der Waals surface area contributed by atoms with Crippen LogP contribution < -0.4 is 5.56 Å². The van der Waals surface area contributed by atoms with Gasteiger partial charge in [0.25, 0.3) is 5.56 Å². The Morgan fingerprint density at radius 1 is 1.41 bits per heavy atom. The zero-order valence-corrected chi connectivity index (χ0v) is 10.7. The van der Waals surface area contributed by atoms with Crippen molar-refractivity contribution in [2.75, 3.05) is 6.26 Å². The predicted molar refractivity (Wildman–Crippen MR) is 70.6 cm³/mol. The molecule has 0 amide bonds. The Bertz CT molecular complexity index is 578. The maximum atomic E-state index is 11.8. The third-order valence-corrected chi connectivity index (χ3v) is 3.11. The molecule has 4 heteroatoms. The van der Waals surface area contributed by atoms with Crippen molar-refractivity contribution in [2.45, 2.75) is 18.5 Å². The number of nitrogens with one attached hydrogen (secondary N) is 1. The number of benzene rings is 1. The summed E-state index contributed by atoms with van der Waals surface area (Å²) >= 11 is 1.43. The van der Waals surface area contributed by atoms with Crippen molar-refractivity contribution in [1.29, 1.82) is 0 Å². The number of aromatic nitrogens is 2. The normalized spacial score (nSPS) is 10.5. The monoisotopic (exact) mass is 246 g/mol. The number of thioether (sulfide) groups is 1. The first-order chi connectivity index (χ1) is 8.19. The Balaban J connectivity index is 2.27. The smallest absolute Gasteiger partial charge is 0.255 e. The van der Waals surface area contributed by atoms with Crippen LogP contribution in [0.4, 0.5) is 0 Å². The maximum absolute atomic E-state index is 11.8. The van der Waals surface area contributed by atoms with Crippen LogP contribution in [0.5, 0.6) is 0 Å². The number of aryl methyl sites for hydroxylation is 1. The van der Waals surface area contributed by atoms with Crippen LogP contribution in [-0.4, -0.2) is 16.2 Å². The van der Waals surface area contributed by atoms with Crippen molar-refractivity contribution in [1.82, 2.24) is 9.97 Å². The number of hydrogen-bond acceptors (Lipinski definition) is 3. The van der Waals surface area contributed by atoms with Gasteiger partial charge in [-0.2, -0.15) is 0 Å². The Kier molecular flexibility index (Phi) is 3.64. The second-order valence-corrected chi connectivity index (χ2v) is 4.71. The van der Waals surface area contributed by atoms with E-state index in [1.165, 1.54) is 17.3 Å². The van der Waals surface area contributed by atoms with Crippen LogP contribution in [0.1, 0.15) is 16.7 Å². The third kappa shape index (κ3) is 2.97. The summed E-state index contributed by atoms with van der Waals surface area (Å²) in [6.45, 7) is 2.04. The molecular weight excluding hydrogens is 232 g/mol. The van der Waals surface area contributed by atoms with Crippen LogP contribution in [0.25, 0.3) is 0 Å². The van der Waals surface area contributed by atoms with E-state index in [1.807, 2.05) is 31.4 Å². The Morgan fingerprint density at radius 2 is 2.24 bits per heavy atom. The molecule has 0 radical (unpaired) electrons. The summed E-state index contributed by atoms with van der Waals surface area (Å²) in [7, 11) is 0. The fraction of sp³-hybridized carbons (Fsp3) is 0.231. The summed E-state index contributed by atoms with van der Waals surface area (Å²) < 4.78 is 0. The molecule has 0 unspecified atom stereocenters. The average Bonchev–Trinajstić information content (AvgIpc) is 2.32. The second kappa shape index (κ2) is 5.19. The first-order valence-corrected chi connectivity index (χ1v) is 6.59. The van der Waals surface area contributed by atoms with Crippen molar-refractivity contribution < 1.29 is 0 Å². The van der Waals surface area contributed by atoms with Gasteiger partial charge in [0.05, 0.1) is 0 Å². The molecule has 0 spiro atoms. The minimum Gasteiger partial charge on any atom is -0.301 e. The van der Waals surface area contributed by atoms with E-state index in [-0.39, 0.29) is 5.56 Å². The number of H-pyrrole nitrogens is 1. The van der Waals surface area contributed by atoms with Gasteiger partial charge in [-0.05, 0) is 18.7 Å². The van der Waals surface area contributed by atoms with Gasteiger partial charge in [0.2, 0.25) is 0 Å². The van der Waals surface area contributed by atoms with E-state index < -0.39 is 0 Å². The van der Waals surface area contributed by atoms with E-state index in [4.69, 9.17) is 0 Å². The van der Waals surface area contributed by atoms with Gasteiger partial charge in [-0.1, -0.05) is 41.6 Å². The molecule has 1 aromatic carbocycles. The molecule has 2 aromatic rings. The Morgan fingerprint density at radius 3 is 2.88 bits per heavy atom. The molecule has 0 fully saturated rings. The first-order valence-electron chi connectivity index (χ1n) is 5.37. The molecule has 0 saturated carbocycles. The van der Waals surface area contributed by atoms with Crippen molar-refractivity contribution in [2.24, 2.45) is 0 Å². The van der Waals surface area contributed by atoms with Gasteiger partial charge in [-0.15, -0.1) is 0 Å². The van der Waals surface area contributed by atoms with Crippen LogP contribution in [0.2, 0.25) is 0 Å². The van der Waals surface area contributed by atoms with Gasteiger partial charge < -0.3 is 4.98 Å². The number of nitrogens with zero attached hydrogens (tertiary/aromatic N) is 1. The molecule has 1 N–H and O–H groups in total. The number of aromatic amines is 1. The van der Waals surface area contributed by atoms with Crippen molar-refractivity contribution >= 4 is 11.8 Å². The SMILES string of the molecule is CSc1ncc(Cc2cccc(C)c2)c(=O)[nH]1. The number of rotatable bonds is 3. The molecule has 0 bridgehead atoms. The standard InChI is InChI=1S/C13H14N2OS/c1-9-4-3-5-10(6-9)7-11-8-14-13(17-2)15-12(11)16/h3-6,8H,7H2,1-2H3,(H,14,15,16). The van der Waals surface area contributed by atoms with Crippen LogP contribution >= 0.6 is 11.8 Å². The molecule has 0 aliphatic rings. The van der Waals surface area contributed by atoms with E-state index >= 15 is 0 Å². The van der Waals surface area contributed by atoms with E-state index in [0.717, 1.165) is 5.56 Å². The molecule has 1 heterocycles. The molecule has 0 saturated heterocycles. The van der Waals surface area contributed by atoms with Crippen LogP contribution in [0.3, 0.4) is 0 Å². The molecule has 2 rings (SSSR count). The lowest BCUT2D eigenvalue weighted by Crippen LogP contribution is -2.14. The minimum atomic E-state index is -0.0501. The summed E-state index contributed by atoms with van der Waals surface area (Å²) in [5, 5.41) is 0.656. The molecule has 88 valence electrons.